The molecule has 24 heavy (non-hydrogen) atoms. The number of aromatic nitrogens is 1. The second-order valence-electron chi connectivity index (χ2n) is 5.51. The summed E-state index contributed by atoms with van der Waals surface area (Å²) in [6, 6.07) is 15.8. The van der Waals surface area contributed by atoms with E-state index in [0.717, 1.165) is 34.0 Å². The van der Waals surface area contributed by atoms with Crippen LogP contribution in [0.5, 0.6) is 5.75 Å². The van der Waals surface area contributed by atoms with Crippen LogP contribution in [0.1, 0.15) is 11.1 Å². The quantitative estimate of drug-likeness (QED) is 0.503. The summed E-state index contributed by atoms with van der Waals surface area (Å²) < 4.78 is 7.91. The normalized spacial score (nSPS) is 11.2. The molecule has 0 aliphatic carbocycles. The number of hydrogen-bond acceptors (Lipinski definition) is 3. The summed E-state index contributed by atoms with van der Waals surface area (Å²) in [4.78, 5) is 10.1. The number of nitrogens with zero attached hydrogens (tertiary/aromatic N) is 2. The minimum atomic E-state index is -0.451. The second-order valence-corrected chi connectivity index (χ2v) is 5.51. The number of benzene rings is 2. The summed E-state index contributed by atoms with van der Waals surface area (Å²) in [5, 5.41) is 11.6. The first-order valence-corrected chi connectivity index (χ1v) is 7.73. The number of hydrogen-bond donors (Lipinski definition) is 0. The van der Waals surface area contributed by atoms with Gasteiger partial charge in [0.1, 0.15) is 12.4 Å². The van der Waals surface area contributed by atoms with Gasteiger partial charge in [-0.1, -0.05) is 36.4 Å². The van der Waals surface area contributed by atoms with Crippen LogP contribution in [0.2, 0.25) is 0 Å². The Balaban J connectivity index is 1.79. The Morgan fingerprint density at radius 1 is 1.17 bits per heavy atom. The molecular formula is C19H18N2O3. The van der Waals surface area contributed by atoms with Crippen molar-refractivity contribution in [3.63, 3.8) is 0 Å². The number of para-hydroxylation sites is 2. The lowest BCUT2D eigenvalue weighted by Gasteiger charge is -2.10. The van der Waals surface area contributed by atoms with Crippen LogP contribution in [0.4, 0.5) is 0 Å². The van der Waals surface area contributed by atoms with E-state index in [1.165, 1.54) is 6.08 Å². The second kappa shape index (κ2) is 7.00. The van der Waals surface area contributed by atoms with Crippen LogP contribution in [0.15, 0.2) is 60.9 Å². The van der Waals surface area contributed by atoms with Crippen molar-refractivity contribution in [2.75, 3.05) is 6.61 Å². The predicted octanol–water partition coefficient (Wildman–Crippen LogP) is 4.28. The largest absolute Gasteiger partial charge is 0.491 e. The maximum absolute atomic E-state index is 10.6. The Morgan fingerprint density at radius 3 is 2.71 bits per heavy atom. The fraction of sp³-hybridized carbons (Fsp3) is 0.158. The molecule has 2 aromatic carbocycles. The van der Waals surface area contributed by atoms with E-state index in [-0.39, 0.29) is 0 Å². The summed E-state index contributed by atoms with van der Waals surface area (Å²) in [6.07, 6.45) is 4.42. The van der Waals surface area contributed by atoms with Gasteiger partial charge in [0.05, 0.1) is 11.5 Å². The van der Waals surface area contributed by atoms with E-state index in [2.05, 4.69) is 4.57 Å². The van der Waals surface area contributed by atoms with Crippen LogP contribution in [-0.4, -0.2) is 16.1 Å². The lowest BCUT2D eigenvalue weighted by Crippen LogP contribution is -2.07. The van der Waals surface area contributed by atoms with Gasteiger partial charge in [0.15, 0.2) is 0 Å². The molecule has 3 aromatic rings. The summed E-state index contributed by atoms with van der Waals surface area (Å²) >= 11 is 0. The highest BCUT2D eigenvalue weighted by molar-refractivity contribution is 5.89. The average Bonchev–Trinajstić information content (AvgIpc) is 2.93. The molecule has 122 valence electrons. The molecule has 5 nitrogen and oxygen atoms in total. The van der Waals surface area contributed by atoms with Gasteiger partial charge in [-0.05, 0) is 24.6 Å². The third-order valence-electron chi connectivity index (χ3n) is 3.88. The van der Waals surface area contributed by atoms with Crippen molar-refractivity contribution in [3.8, 4) is 5.75 Å². The van der Waals surface area contributed by atoms with E-state index in [0.29, 0.717) is 13.2 Å². The van der Waals surface area contributed by atoms with Gasteiger partial charge in [0.2, 0.25) is 6.20 Å². The summed E-state index contributed by atoms with van der Waals surface area (Å²) in [7, 11) is 0. The third kappa shape index (κ3) is 3.46. The van der Waals surface area contributed by atoms with Gasteiger partial charge >= 0.3 is 0 Å². The maximum atomic E-state index is 10.6. The van der Waals surface area contributed by atoms with Crippen LogP contribution in [0.3, 0.4) is 0 Å². The Hall–Kier alpha value is -3.08. The predicted molar refractivity (Wildman–Crippen MR) is 94.6 cm³/mol. The lowest BCUT2D eigenvalue weighted by atomic mass is 10.2. The van der Waals surface area contributed by atoms with E-state index in [1.54, 1.807) is 0 Å². The Morgan fingerprint density at radius 2 is 1.92 bits per heavy atom. The first kappa shape index (κ1) is 15.8. The molecule has 3 rings (SSSR count). The molecule has 0 amide bonds. The maximum Gasteiger partial charge on any atom is 0.235 e. The van der Waals surface area contributed by atoms with Crippen molar-refractivity contribution in [3.05, 3.63) is 82.2 Å². The zero-order valence-corrected chi connectivity index (χ0v) is 13.4. The number of ether oxygens (including phenoxy) is 1. The van der Waals surface area contributed by atoms with Crippen LogP contribution < -0.4 is 4.74 Å². The molecule has 1 aromatic heterocycles. The molecular weight excluding hydrogens is 304 g/mol. The molecule has 1 heterocycles. The molecule has 0 bridgehead atoms. The first-order valence-electron chi connectivity index (χ1n) is 7.73. The smallest absolute Gasteiger partial charge is 0.235 e. The zero-order valence-electron chi connectivity index (χ0n) is 13.4. The monoisotopic (exact) mass is 322 g/mol. The lowest BCUT2D eigenvalue weighted by molar-refractivity contribution is -0.400. The number of nitro groups is 1. The zero-order chi connectivity index (χ0) is 16.9. The highest BCUT2D eigenvalue weighted by atomic mass is 16.6. The number of rotatable bonds is 6. The van der Waals surface area contributed by atoms with Crippen LogP contribution >= 0.6 is 0 Å². The summed E-state index contributed by atoms with van der Waals surface area (Å²) in [5.41, 5.74) is 2.97. The molecule has 0 saturated heterocycles. The topological polar surface area (TPSA) is 57.3 Å². The third-order valence-corrected chi connectivity index (χ3v) is 3.88. The molecule has 0 aliphatic rings. The Bertz CT molecular complexity index is 897. The molecule has 5 heteroatoms. The number of aryl methyl sites for hydroxylation is 1. The van der Waals surface area contributed by atoms with E-state index in [1.807, 2.05) is 61.7 Å². The van der Waals surface area contributed by atoms with E-state index in [9.17, 15) is 10.1 Å². The van der Waals surface area contributed by atoms with Crippen LogP contribution in [-0.2, 0) is 6.54 Å². The fourth-order valence-corrected chi connectivity index (χ4v) is 2.71. The van der Waals surface area contributed by atoms with Crippen LogP contribution in [0.25, 0.3) is 17.0 Å². The highest BCUT2D eigenvalue weighted by Crippen LogP contribution is 2.23. The first-order chi connectivity index (χ1) is 11.6. The average molecular weight is 322 g/mol. The van der Waals surface area contributed by atoms with E-state index >= 15 is 0 Å². The van der Waals surface area contributed by atoms with Gasteiger partial charge in [-0.2, -0.15) is 0 Å². The molecule has 0 spiro atoms. The van der Waals surface area contributed by atoms with Gasteiger partial charge < -0.3 is 9.30 Å². The van der Waals surface area contributed by atoms with Crippen molar-refractivity contribution in [1.82, 2.24) is 4.57 Å². The van der Waals surface area contributed by atoms with Crippen molar-refractivity contribution in [2.24, 2.45) is 0 Å². The van der Waals surface area contributed by atoms with Gasteiger partial charge in [-0.15, -0.1) is 0 Å². The van der Waals surface area contributed by atoms with Gasteiger partial charge in [0.25, 0.3) is 0 Å². The summed E-state index contributed by atoms with van der Waals surface area (Å²) in [6.45, 7) is 3.21. The Kier molecular flexibility index (Phi) is 4.61. The Labute approximate surface area is 139 Å². The van der Waals surface area contributed by atoms with Crippen molar-refractivity contribution in [1.29, 1.82) is 0 Å². The minimum Gasteiger partial charge on any atom is -0.491 e. The minimum absolute atomic E-state index is 0.451. The standard InChI is InChI=1S/C19H18N2O3/c1-15-6-2-5-9-19(15)24-13-12-20-14-16(10-11-21(22)23)17-7-3-4-8-18(17)20/h2-11,14H,12-13H2,1H3/b11-10+. The van der Waals surface area contributed by atoms with E-state index in [4.69, 9.17) is 4.74 Å². The molecule has 0 fully saturated rings. The molecule has 0 atom stereocenters. The molecule has 0 radical (unpaired) electrons. The molecule has 0 unspecified atom stereocenters. The van der Waals surface area contributed by atoms with Crippen molar-refractivity contribution < 1.29 is 9.66 Å². The van der Waals surface area contributed by atoms with Gasteiger partial charge in [0, 0.05) is 28.7 Å². The molecule has 0 saturated carbocycles. The van der Waals surface area contributed by atoms with E-state index < -0.39 is 4.92 Å². The van der Waals surface area contributed by atoms with Crippen molar-refractivity contribution in [2.45, 2.75) is 13.5 Å². The molecule has 0 aliphatic heterocycles. The SMILES string of the molecule is Cc1ccccc1OCCn1cc(/C=C/[N+](=O)[O-])c2ccccc21. The van der Waals surface area contributed by atoms with Gasteiger partial charge in [-0.25, -0.2) is 0 Å². The highest BCUT2D eigenvalue weighted by Gasteiger charge is 2.07. The molecule has 0 N–H and O–H groups in total. The fourth-order valence-electron chi connectivity index (χ4n) is 2.71. The number of fused-ring (bicyclic) bond motifs is 1. The van der Waals surface area contributed by atoms with Crippen LogP contribution in [0, 0.1) is 17.0 Å². The summed E-state index contributed by atoms with van der Waals surface area (Å²) in [5.74, 6) is 0.877. The van der Waals surface area contributed by atoms with Gasteiger partial charge in [-0.3, -0.25) is 10.1 Å². The van der Waals surface area contributed by atoms with Crippen molar-refractivity contribution >= 4 is 17.0 Å².